The number of carboxylic acid groups (broad SMARTS) is 1. The van der Waals surface area contributed by atoms with Crippen molar-refractivity contribution in [2.45, 2.75) is 44.6 Å². The minimum Gasteiger partial charge on any atom is -0.478 e. The Labute approximate surface area is 118 Å². The van der Waals surface area contributed by atoms with E-state index in [1.165, 1.54) is 37.5 Å². The Bertz CT molecular complexity index is 515. The van der Waals surface area contributed by atoms with Crippen LogP contribution < -0.4 is 4.90 Å². The van der Waals surface area contributed by atoms with E-state index >= 15 is 0 Å². The van der Waals surface area contributed by atoms with Gasteiger partial charge >= 0.3 is 5.97 Å². The van der Waals surface area contributed by atoms with Gasteiger partial charge in [-0.25, -0.2) is 9.18 Å². The molecule has 0 spiro atoms. The molecule has 1 saturated carbocycles. The number of halogens is 1. The number of aromatic carboxylic acids is 1. The highest BCUT2D eigenvalue weighted by Gasteiger charge is 2.35. The highest BCUT2D eigenvalue weighted by atomic mass is 19.1. The van der Waals surface area contributed by atoms with Crippen molar-refractivity contribution < 1.29 is 14.3 Å². The first kappa shape index (κ1) is 13.4. The predicted molar refractivity (Wildman–Crippen MR) is 75.7 cm³/mol. The predicted octanol–water partition coefficient (Wildman–Crippen LogP) is 3.68. The molecule has 3 nitrogen and oxygen atoms in total. The first-order valence-corrected chi connectivity index (χ1v) is 7.47. The van der Waals surface area contributed by atoms with Crippen LogP contribution in [-0.4, -0.2) is 23.7 Å². The minimum absolute atomic E-state index is 0.0937. The number of carboxylic acids is 1. The van der Waals surface area contributed by atoms with Crippen LogP contribution in [0.25, 0.3) is 0 Å². The number of hydrogen-bond donors (Lipinski definition) is 1. The quantitative estimate of drug-likeness (QED) is 0.896. The van der Waals surface area contributed by atoms with Crippen LogP contribution >= 0.6 is 0 Å². The number of benzene rings is 1. The van der Waals surface area contributed by atoms with Crippen molar-refractivity contribution in [3.8, 4) is 0 Å². The molecule has 0 bridgehead atoms. The zero-order valence-corrected chi connectivity index (χ0v) is 11.5. The van der Waals surface area contributed by atoms with Gasteiger partial charge in [0.1, 0.15) is 5.82 Å². The molecule has 1 saturated heterocycles. The summed E-state index contributed by atoms with van der Waals surface area (Å²) in [6.45, 7) is 0.766. The molecule has 1 aliphatic carbocycles. The van der Waals surface area contributed by atoms with Gasteiger partial charge in [0.05, 0.1) is 11.3 Å². The van der Waals surface area contributed by atoms with E-state index in [0.29, 0.717) is 17.6 Å². The first-order valence-electron chi connectivity index (χ1n) is 7.47. The van der Waals surface area contributed by atoms with Crippen molar-refractivity contribution in [1.29, 1.82) is 0 Å². The van der Waals surface area contributed by atoms with Gasteiger partial charge in [-0.2, -0.15) is 0 Å². The molecule has 108 valence electrons. The van der Waals surface area contributed by atoms with Crippen molar-refractivity contribution in [3.05, 3.63) is 29.6 Å². The van der Waals surface area contributed by atoms with E-state index in [1.807, 2.05) is 4.90 Å². The molecule has 0 amide bonds. The standard InChI is InChI=1S/C16H20FNO2/c17-13-8-3-7-12(16(19)20)15(13)18-10-4-6-11-5-1-2-9-14(11)18/h3,7-8,11,14H,1-2,4-6,9-10H2,(H,19,20)/t11-,14-/m1/s1. The summed E-state index contributed by atoms with van der Waals surface area (Å²) in [7, 11) is 0. The summed E-state index contributed by atoms with van der Waals surface area (Å²) in [4.78, 5) is 13.4. The van der Waals surface area contributed by atoms with Crippen molar-refractivity contribution in [1.82, 2.24) is 0 Å². The third-order valence-electron chi connectivity index (χ3n) is 4.75. The van der Waals surface area contributed by atoms with Crippen LogP contribution in [0.3, 0.4) is 0 Å². The fourth-order valence-electron chi connectivity index (χ4n) is 3.88. The SMILES string of the molecule is O=C(O)c1cccc(F)c1N1CCC[C@H]2CCCC[C@H]21. The van der Waals surface area contributed by atoms with E-state index in [9.17, 15) is 14.3 Å². The molecule has 0 aromatic heterocycles. The number of nitrogens with zero attached hydrogens (tertiary/aromatic N) is 1. The second-order valence-corrected chi connectivity index (χ2v) is 5.89. The molecule has 4 heteroatoms. The summed E-state index contributed by atoms with van der Waals surface area (Å²) in [6, 6.07) is 4.67. The highest BCUT2D eigenvalue weighted by Crippen LogP contribution is 2.39. The third-order valence-corrected chi connectivity index (χ3v) is 4.75. The van der Waals surface area contributed by atoms with Crippen molar-refractivity contribution in [2.24, 2.45) is 5.92 Å². The topological polar surface area (TPSA) is 40.5 Å². The zero-order valence-electron chi connectivity index (χ0n) is 11.5. The molecule has 1 heterocycles. The molecule has 3 rings (SSSR count). The maximum atomic E-state index is 14.2. The Morgan fingerprint density at radius 1 is 1.20 bits per heavy atom. The van der Waals surface area contributed by atoms with Gasteiger partial charge in [-0.05, 0) is 43.7 Å². The van der Waals surface area contributed by atoms with Gasteiger partial charge in [-0.3, -0.25) is 0 Å². The largest absolute Gasteiger partial charge is 0.478 e. The minimum atomic E-state index is -1.04. The van der Waals surface area contributed by atoms with Crippen LogP contribution in [0.2, 0.25) is 0 Å². The van der Waals surface area contributed by atoms with Gasteiger partial charge in [0, 0.05) is 12.6 Å². The lowest BCUT2D eigenvalue weighted by atomic mass is 9.78. The molecule has 1 aliphatic heterocycles. The van der Waals surface area contributed by atoms with Gasteiger partial charge in [0.15, 0.2) is 0 Å². The molecule has 1 aromatic carbocycles. The Morgan fingerprint density at radius 3 is 2.75 bits per heavy atom. The van der Waals surface area contributed by atoms with Gasteiger partial charge in [0.2, 0.25) is 0 Å². The van der Waals surface area contributed by atoms with Crippen LogP contribution in [-0.2, 0) is 0 Å². The number of fused-ring (bicyclic) bond motifs is 1. The fraction of sp³-hybridized carbons (Fsp3) is 0.562. The molecular weight excluding hydrogens is 257 g/mol. The molecular formula is C16H20FNO2. The molecule has 2 atom stereocenters. The third kappa shape index (κ3) is 2.28. The molecule has 1 N–H and O–H groups in total. The number of hydrogen-bond acceptors (Lipinski definition) is 2. The van der Waals surface area contributed by atoms with E-state index in [2.05, 4.69) is 0 Å². The van der Waals surface area contributed by atoms with Crippen molar-refractivity contribution >= 4 is 11.7 Å². The second kappa shape index (κ2) is 5.43. The Morgan fingerprint density at radius 2 is 1.95 bits per heavy atom. The maximum absolute atomic E-state index is 14.2. The number of para-hydroxylation sites is 1. The van der Waals surface area contributed by atoms with Gasteiger partial charge < -0.3 is 10.0 Å². The lowest BCUT2D eigenvalue weighted by molar-refractivity contribution is 0.0696. The monoisotopic (exact) mass is 277 g/mol. The van der Waals surface area contributed by atoms with E-state index in [1.54, 1.807) is 0 Å². The van der Waals surface area contributed by atoms with E-state index in [0.717, 1.165) is 25.8 Å². The zero-order chi connectivity index (χ0) is 14.1. The van der Waals surface area contributed by atoms with E-state index < -0.39 is 11.8 Å². The van der Waals surface area contributed by atoms with Gasteiger partial charge in [0.25, 0.3) is 0 Å². The molecule has 1 aromatic rings. The molecule has 2 fully saturated rings. The summed E-state index contributed by atoms with van der Waals surface area (Å²) >= 11 is 0. The van der Waals surface area contributed by atoms with E-state index in [4.69, 9.17) is 0 Å². The fourth-order valence-corrected chi connectivity index (χ4v) is 3.88. The maximum Gasteiger partial charge on any atom is 0.337 e. The van der Waals surface area contributed by atoms with Gasteiger partial charge in [-0.1, -0.05) is 18.9 Å². The van der Waals surface area contributed by atoms with Crippen LogP contribution in [0.1, 0.15) is 48.9 Å². The highest BCUT2D eigenvalue weighted by molar-refractivity contribution is 5.94. The molecule has 20 heavy (non-hydrogen) atoms. The van der Waals surface area contributed by atoms with Crippen molar-refractivity contribution in [3.63, 3.8) is 0 Å². The number of carbonyl (C=O) groups is 1. The average Bonchev–Trinajstić information content (AvgIpc) is 2.46. The van der Waals surface area contributed by atoms with Crippen LogP contribution in [0, 0.1) is 11.7 Å². The lowest BCUT2D eigenvalue weighted by Gasteiger charge is -2.45. The summed E-state index contributed by atoms with van der Waals surface area (Å²) in [5.74, 6) is -0.854. The Balaban J connectivity index is 2.00. The van der Waals surface area contributed by atoms with Crippen molar-refractivity contribution in [2.75, 3.05) is 11.4 Å². The lowest BCUT2D eigenvalue weighted by Crippen LogP contribution is -2.47. The van der Waals surface area contributed by atoms with Crippen LogP contribution in [0.4, 0.5) is 10.1 Å². The van der Waals surface area contributed by atoms with E-state index in [-0.39, 0.29) is 5.56 Å². The summed E-state index contributed by atoms with van der Waals surface area (Å²) in [5, 5.41) is 9.32. The second-order valence-electron chi connectivity index (χ2n) is 5.89. The smallest absolute Gasteiger partial charge is 0.337 e. The Kier molecular flexibility index (Phi) is 3.64. The van der Waals surface area contributed by atoms with Crippen LogP contribution in [0.5, 0.6) is 0 Å². The normalized spacial score (nSPS) is 26.1. The number of piperidine rings is 1. The molecule has 0 unspecified atom stereocenters. The molecule has 0 radical (unpaired) electrons. The average molecular weight is 277 g/mol. The molecule has 2 aliphatic rings. The summed E-state index contributed by atoms with van der Waals surface area (Å²) in [5.41, 5.74) is 0.396. The Hall–Kier alpha value is -1.58. The summed E-state index contributed by atoms with van der Waals surface area (Å²) in [6.07, 6.45) is 6.87. The first-order chi connectivity index (χ1) is 9.68. The number of rotatable bonds is 2. The van der Waals surface area contributed by atoms with Crippen LogP contribution in [0.15, 0.2) is 18.2 Å². The summed E-state index contributed by atoms with van der Waals surface area (Å²) < 4.78 is 14.2. The number of anilines is 1. The van der Waals surface area contributed by atoms with Gasteiger partial charge in [-0.15, -0.1) is 0 Å².